The molecule has 0 aromatic heterocycles. The van der Waals surface area contributed by atoms with Crippen LogP contribution >= 0.6 is 0 Å². The molecule has 0 bridgehead atoms. The number of esters is 2. The molecular formula is C70H124NO8+. The molecule has 456 valence electrons. The number of aliphatic carboxylic acids is 1. The van der Waals surface area contributed by atoms with E-state index < -0.39 is 24.3 Å². The molecule has 0 aliphatic carbocycles. The second-order valence-electron chi connectivity index (χ2n) is 23.0. The van der Waals surface area contributed by atoms with Crippen LogP contribution in [0.5, 0.6) is 0 Å². The predicted molar refractivity (Wildman–Crippen MR) is 336 cm³/mol. The zero-order chi connectivity index (χ0) is 57.6. The second kappa shape index (κ2) is 60.6. The van der Waals surface area contributed by atoms with Gasteiger partial charge in [-0.15, -0.1) is 0 Å². The number of nitrogens with zero attached hydrogens (tertiary/aromatic N) is 1. The van der Waals surface area contributed by atoms with Gasteiger partial charge in [0.25, 0.3) is 6.29 Å². The molecule has 0 aliphatic heterocycles. The fraction of sp³-hybridized carbons (Fsp3) is 0.757. The Hall–Kier alpha value is -3.53. The Bertz CT molecular complexity index is 1570. The van der Waals surface area contributed by atoms with Crippen LogP contribution in [0, 0.1) is 0 Å². The van der Waals surface area contributed by atoms with Crippen LogP contribution in [0.3, 0.4) is 0 Å². The topological polar surface area (TPSA) is 108 Å². The molecule has 0 spiro atoms. The van der Waals surface area contributed by atoms with Gasteiger partial charge in [-0.25, -0.2) is 4.79 Å². The van der Waals surface area contributed by atoms with Crippen molar-refractivity contribution in [2.45, 2.75) is 296 Å². The lowest BCUT2D eigenvalue weighted by molar-refractivity contribution is -0.870. The van der Waals surface area contributed by atoms with Crippen molar-refractivity contribution in [1.29, 1.82) is 0 Å². The van der Waals surface area contributed by atoms with Gasteiger partial charge in [0.2, 0.25) is 0 Å². The van der Waals surface area contributed by atoms with Crippen LogP contribution in [0.4, 0.5) is 0 Å². The lowest BCUT2D eigenvalue weighted by atomic mass is 10.0. The highest BCUT2D eigenvalue weighted by atomic mass is 16.7. The molecule has 0 aromatic carbocycles. The molecule has 2 atom stereocenters. The number of carbonyl (C=O) groups excluding carboxylic acids is 2. The van der Waals surface area contributed by atoms with E-state index >= 15 is 0 Å². The van der Waals surface area contributed by atoms with Crippen molar-refractivity contribution in [3.8, 4) is 0 Å². The van der Waals surface area contributed by atoms with E-state index in [1.807, 2.05) is 21.1 Å². The molecule has 79 heavy (non-hydrogen) atoms. The maximum atomic E-state index is 12.8. The Kier molecular flexibility index (Phi) is 57.9. The molecule has 9 heteroatoms. The number of hydrogen-bond acceptors (Lipinski definition) is 7. The van der Waals surface area contributed by atoms with Crippen LogP contribution in [-0.4, -0.2) is 87.4 Å². The molecule has 0 radical (unpaired) electrons. The number of unbranched alkanes of at least 4 members (excludes halogenated alkanes) is 31. The molecular weight excluding hydrogens is 983 g/mol. The summed E-state index contributed by atoms with van der Waals surface area (Å²) in [7, 11) is 5.95. The molecule has 0 amide bonds. The van der Waals surface area contributed by atoms with Crippen molar-refractivity contribution in [1.82, 2.24) is 0 Å². The Morgan fingerprint density at radius 1 is 0.392 bits per heavy atom. The fourth-order valence-corrected chi connectivity index (χ4v) is 9.14. The lowest BCUT2D eigenvalue weighted by Crippen LogP contribution is -2.40. The first-order chi connectivity index (χ1) is 38.6. The standard InChI is InChI=1S/C70H123NO8/c1-6-8-10-12-14-16-18-20-22-24-25-26-27-28-29-30-31-32-33-34-35-36-37-38-39-40-41-42-43-45-46-48-50-52-54-56-58-60-67(72)77-64-66(65-78-70(69(74)75)76-63-62-71(3,4)5)79-68(73)61-59-57-55-53-51-49-47-44-23-21-19-17-15-13-11-9-7-2/h9,11,15,17-18,20-21,23-25,47,49,53,55,66,70H,6-8,10,12-14,16,19,22,26-46,48,50-52,54,56-65H2,1-5H3/p+1/b11-9-,17-15-,20-18-,23-21-,25-24-,49-47-,55-53-. The molecule has 0 rings (SSSR count). The van der Waals surface area contributed by atoms with Crippen molar-refractivity contribution in [3.63, 3.8) is 0 Å². The van der Waals surface area contributed by atoms with E-state index in [1.165, 1.54) is 186 Å². The van der Waals surface area contributed by atoms with Crippen LogP contribution in [0.15, 0.2) is 85.1 Å². The maximum absolute atomic E-state index is 12.8. The van der Waals surface area contributed by atoms with E-state index in [4.69, 9.17) is 18.9 Å². The summed E-state index contributed by atoms with van der Waals surface area (Å²) in [5, 5.41) is 9.70. The number of allylic oxidation sites excluding steroid dienone is 14. The van der Waals surface area contributed by atoms with E-state index in [0.29, 0.717) is 17.4 Å². The van der Waals surface area contributed by atoms with Crippen LogP contribution in [-0.2, 0) is 33.3 Å². The molecule has 0 fully saturated rings. The summed E-state index contributed by atoms with van der Waals surface area (Å²) in [6.07, 6.45) is 78.6. The highest BCUT2D eigenvalue weighted by Gasteiger charge is 2.25. The van der Waals surface area contributed by atoms with Crippen LogP contribution in [0.2, 0.25) is 0 Å². The van der Waals surface area contributed by atoms with Gasteiger partial charge in [-0.3, -0.25) is 9.59 Å². The number of likely N-dealkylation sites (N-methyl/N-ethyl adjacent to an activating group) is 1. The summed E-state index contributed by atoms with van der Waals surface area (Å²) in [6.45, 7) is 4.70. The first kappa shape index (κ1) is 75.5. The first-order valence-corrected chi connectivity index (χ1v) is 32.8. The van der Waals surface area contributed by atoms with Gasteiger partial charge in [0.05, 0.1) is 34.4 Å². The monoisotopic (exact) mass is 1110 g/mol. The van der Waals surface area contributed by atoms with Gasteiger partial charge >= 0.3 is 17.9 Å². The van der Waals surface area contributed by atoms with Crippen molar-refractivity contribution in [3.05, 3.63) is 85.1 Å². The Labute approximate surface area is 487 Å². The third-order valence-corrected chi connectivity index (χ3v) is 14.1. The van der Waals surface area contributed by atoms with Gasteiger partial charge in [-0.2, -0.15) is 0 Å². The second-order valence-corrected chi connectivity index (χ2v) is 23.0. The van der Waals surface area contributed by atoms with Gasteiger partial charge in [0.15, 0.2) is 6.10 Å². The summed E-state index contributed by atoms with van der Waals surface area (Å²) >= 11 is 0. The van der Waals surface area contributed by atoms with E-state index in [1.54, 1.807) is 0 Å². The highest BCUT2D eigenvalue weighted by molar-refractivity contribution is 5.71. The Balaban J connectivity index is 4.03. The van der Waals surface area contributed by atoms with Crippen LogP contribution in [0.1, 0.15) is 284 Å². The van der Waals surface area contributed by atoms with E-state index in [-0.39, 0.29) is 38.6 Å². The smallest absolute Gasteiger partial charge is 0.361 e. The minimum absolute atomic E-state index is 0.175. The normalized spacial score (nSPS) is 13.3. The largest absolute Gasteiger partial charge is 0.477 e. The SMILES string of the molecule is CC/C=C\C/C=C\C/C=C\C/C=C\C/C=C\CCCC(=O)OC(COC(=O)CCCCCCCCCCCCCCCCCCCCCCCCCCC/C=C\C/C=C\CCCCCCC)COC(OCC[N+](C)(C)C)C(=O)O. The molecule has 0 aliphatic rings. The van der Waals surface area contributed by atoms with E-state index in [2.05, 4.69) is 98.9 Å². The predicted octanol–water partition coefficient (Wildman–Crippen LogP) is 19.9. The molecule has 0 heterocycles. The van der Waals surface area contributed by atoms with Crippen LogP contribution in [0.25, 0.3) is 0 Å². The van der Waals surface area contributed by atoms with Gasteiger partial charge < -0.3 is 28.5 Å². The zero-order valence-corrected chi connectivity index (χ0v) is 52.0. The average molecular weight is 1110 g/mol. The average Bonchev–Trinajstić information content (AvgIpc) is 3.42. The summed E-state index contributed by atoms with van der Waals surface area (Å²) in [4.78, 5) is 37.4. The Morgan fingerprint density at radius 2 is 0.734 bits per heavy atom. The summed E-state index contributed by atoms with van der Waals surface area (Å²) in [5.74, 6) is -2.08. The molecule has 2 unspecified atom stereocenters. The molecule has 0 aromatic rings. The number of carbonyl (C=O) groups is 3. The molecule has 9 nitrogen and oxygen atoms in total. The number of rotatable bonds is 60. The van der Waals surface area contributed by atoms with Crippen molar-refractivity contribution >= 4 is 17.9 Å². The highest BCUT2D eigenvalue weighted by Crippen LogP contribution is 2.17. The summed E-state index contributed by atoms with van der Waals surface area (Å²) in [6, 6.07) is 0. The van der Waals surface area contributed by atoms with E-state index in [9.17, 15) is 19.5 Å². The van der Waals surface area contributed by atoms with Gasteiger partial charge in [-0.05, 0) is 83.5 Å². The first-order valence-electron chi connectivity index (χ1n) is 32.8. The number of carboxylic acid groups (broad SMARTS) is 1. The van der Waals surface area contributed by atoms with Gasteiger partial charge in [-0.1, -0.05) is 272 Å². The quantitative estimate of drug-likeness (QED) is 0.0211. The van der Waals surface area contributed by atoms with E-state index in [0.717, 1.165) is 64.2 Å². The van der Waals surface area contributed by atoms with Gasteiger partial charge in [0, 0.05) is 12.8 Å². The summed E-state index contributed by atoms with van der Waals surface area (Å²) in [5.41, 5.74) is 0. The van der Waals surface area contributed by atoms with Gasteiger partial charge in [0.1, 0.15) is 13.2 Å². The number of ether oxygens (including phenoxy) is 4. The van der Waals surface area contributed by atoms with Crippen LogP contribution < -0.4 is 0 Å². The molecule has 0 saturated carbocycles. The lowest BCUT2D eigenvalue weighted by Gasteiger charge is -2.25. The Morgan fingerprint density at radius 3 is 1.11 bits per heavy atom. The third-order valence-electron chi connectivity index (χ3n) is 14.1. The molecule has 1 N–H and O–H groups in total. The zero-order valence-electron chi connectivity index (χ0n) is 52.0. The fourth-order valence-electron chi connectivity index (χ4n) is 9.14. The maximum Gasteiger partial charge on any atom is 0.361 e. The summed E-state index contributed by atoms with van der Waals surface area (Å²) < 4.78 is 22.8. The number of carboxylic acids is 1. The number of hydrogen-bond donors (Lipinski definition) is 1. The van der Waals surface area contributed by atoms with Crippen molar-refractivity contribution in [2.75, 3.05) is 47.5 Å². The minimum Gasteiger partial charge on any atom is -0.477 e. The third kappa shape index (κ3) is 61.9. The van der Waals surface area contributed by atoms with Crippen molar-refractivity contribution in [2.24, 2.45) is 0 Å². The minimum atomic E-state index is -1.53. The molecule has 0 saturated heterocycles. The number of quaternary nitrogens is 1. The van der Waals surface area contributed by atoms with Crippen molar-refractivity contribution < 1.29 is 42.9 Å².